The highest BCUT2D eigenvalue weighted by Crippen LogP contribution is 2.12. The van der Waals surface area contributed by atoms with Crippen LogP contribution in [0.3, 0.4) is 0 Å². The molecule has 0 aliphatic carbocycles. The maximum atomic E-state index is 12.1. The minimum Gasteiger partial charge on any atom is -0.302 e. The van der Waals surface area contributed by atoms with Crippen molar-refractivity contribution in [3.05, 3.63) is 48.1 Å². The summed E-state index contributed by atoms with van der Waals surface area (Å²) < 4.78 is 1.59. The molecular weight excluding hydrogens is 314 g/mol. The number of hydrogen-bond acceptors (Lipinski definition) is 7. The smallest absolute Gasteiger partial charge is 0.243 e. The summed E-state index contributed by atoms with van der Waals surface area (Å²) in [5, 5.41) is 12.4. The summed E-state index contributed by atoms with van der Waals surface area (Å²) >= 11 is 1.38. The molecule has 8 nitrogen and oxygen atoms in total. The van der Waals surface area contributed by atoms with Crippen LogP contribution >= 0.6 is 11.3 Å². The third-order valence-electron chi connectivity index (χ3n) is 3.16. The molecule has 0 aliphatic rings. The van der Waals surface area contributed by atoms with E-state index >= 15 is 0 Å². The SMILES string of the molecule is C[C@H](NCc1cccnc1-n1cncn1)C(=O)Nc1nccs1. The van der Waals surface area contributed by atoms with Gasteiger partial charge in [0, 0.05) is 29.9 Å². The molecule has 0 unspecified atom stereocenters. The highest BCUT2D eigenvalue weighted by Gasteiger charge is 2.15. The second-order valence-electron chi connectivity index (χ2n) is 4.76. The fraction of sp³-hybridized carbons (Fsp3) is 0.214. The molecule has 118 valence electrons. The lowest BCUT2D eigenvalue weighted by Gasteiger charge is -2.14. The number of nitrogens with one attached hydrogen (secondary N) is 2. The molecule has 3 aromatic rings. The van der Waals surface area contributed by atoms with Gasteiger partial charge in [-0.15, -0.1) is 11.3 Å². The van der Waals surface area contributed by atoms with Crippen LogP contribution in [0.1, 0.15) is 12.5 Å². The average molecular weight is 329 g/mol. The first-order valence-corrected chi connectivity index (χ1v) is 7.84. The van der Waals surface area contributed by atoms with Crippen LogP contribution in [0.25, 0.3) is 5.82 Å². The molecule has 3 heterocycles. The Morgan fingerprint density at radius 3 is 3.04 bits per heavy atom. The fourth-order valence-corrected chi connectivity index (χ4v) is 2.48. The monoisotopic (exact) mass is 329 g/mol. The van der Waals surface area contributed by atoms with Crippen molar-refractivity contribution in [2.24, 2.45) is 0 Å². The van der Waals surface area contributed by atoms with E-state index in [0.29, 0.717) is 17.5 Å². The van der Waals surface area contributed by atoms with E-state index in [1.807, 2.05) is 17.5 Å². The number of amides is 1. The van der Waals surface area contributed by atoms with E-state index < -0.39 is 0 Å². The maximum absolute atomic E-state index is 12.1. The third kappa shape index (κ3) is 3.76. The maximum Gasteiger partial charge on any atom is 0.243 e. The summed E-state index contributed by atoms with van der Waals surface area (Å²) in [6, 6.07) is 3.41. The molecule has 1 amide bonds. The van der Waals surface area contributed by atoms with Gasteiger partial charge >= 0.3 is 0 Å². The fourth-order valence-electron chi connectivity index (χ4n) is 1.95. The molecule has 0 spiro atoms. The van der Waals surface area contributed by atoms with Crippen LogP contribution in [0.15, 0.2) is 42.6 Å². The zero-order valence-corrected chi connectivity index (χ0v) is 13.2. The highest BCUT2D eigenvalue weighted by atomic mass is 32.1. The Bertz CT molecular complexity index is 757. The molecule has 2 N–H and O–H groups in total. The number of thiazole rings is 1. The number of pyridine rings is 1. The second kappa shape index (κ2) is 7.07. The number of hydrogen-bond donors (Lipinski definition) is 2. The van der Waals surface area contributed by atoms with Crippen LogP contribution in [0.5, 0.6) is 0 Å². The van der Waals surface area contributed by atoms with Gasteiger partial charge in [0.05, 0.1) is 6.04 Å². The van der Waals surface area contributed by atoms with Crippen LogP contribution in [0.4, 0.5) is 5.13 Å². The zero-order valence-electron chi connectivity index (χ0n) is 12.4. The molecule has 3 rings (SSSR count). The second-order valence-corrected chi connectivity index (χ2v) is 5.65. The largest absolute Gasteiger partial charge is 0.302 e. The Labute approximate surface area is 136 Å². The highest BCUT2D eigenvalue weighted by molar-refractivity contribution is 7.13. The van der Waals surface area contributed by atoms with E-state index in [-0.39, 0.29) is 11.9 Å². The quantitative estimate of drug-likeness (QED) is 0.706. The lowest BCUT2D eigenvalue weighted by atomic mass is 10.2. The minimum absolute atomic E-state index is 0.133. The predicted molar refractivity (Wildman–Crippen MR) is 86.2 cm³/mol. The number of nitrogens with zero attached hydrogens (tertiary/aromatic N) is 5. The van der Waals surface area contributed by atoms with Crippen LogP contribution < -0.4 is 10.6 Å². The van der Waals surface area contributed by atoms with E-state index in [9.17, 15) is 4.79 Å². The average Bonchev–Trinajstić information content (AvgIpc) is 3.26. The van der Waals surface area contributed by atoms with Crippen LogP contribution in [-0.4, -0.2) is 36.7 Å². The van der Waals surface area contributed by atoms with Crippen molar-refractivity contribution in [1.29, 1.82) is 0 Å². The molecule has 0 aromatic carbocycles. The molecule has 0 radical (unpaired) electrons. The topological polar surface area (TPSA) is 97.6 Å². The van der Waals surface area contributed by atoms with E-state index in [0.717, 1.165) is 5.56 Å². The summed E-state index contributed by atoms with van der Waals surface area (Å²) in [6.07, 6.45) is 6.39. The first kappa shape index (κ1) is 15.3. The summed E-state index contributed by atoms with van der Waals surface area (Å²) in [5.74, 6) is 0.552. The first-order valence-electron chi connectivity index (χ1n) is 6.96. The molecule has 0 bridgehead atoms. The van der Waals surface area contributed by atoms with Gasteiger partial charge in [0.1, 0.15) is 12.7 Å². The molecule has 9 heteroatoms. The lowest BCUT2D eigenvalue weighted by molar-refractivity contribution is -0.117. The molecule has 0 saturated carbocycles. The number of anilines is 1. The van der Waals surface area contributed by atoms with Crippen molar-refractivity contribution in [3.63, 3.8) is 0 Å². The summed E-state index contributed by atoms with van der Waals surface area (Å²) in [4.78, 5) is 24.4. The molecule has 1 atom stereocenters. The standard InChI is InChI=1S/C14H15N7OS/c1-10(13(22)20-14-17-5-6-23-14)18-7-11-3-2-4-16-12(11)21-9-15-8-19-21/h2-6,8-10,18H,7H2,1H3,(H,17,20,22)/t10-/m0/s1. The molecule has 3 aromatic heterocycles. The number of aromatic nitrogens is 5. The molecular formula is C14H15N7OS. The van der Waals surface area contributed by atoms with Crippen molar-refractivity contribution < 1.29 is 4.79 Å². The van der Waals surface area contributed by atoms with E-state index in [1.54, 1.807) is 30.3 Å². The van der Waals surface area contributed by atoms with E-state index in [1.165, 1.54) is 17.7 Å². The minimum atomic E-state index is -0.372. The van der Waals surface area contributed by atoms with Gasteiger partial charge in [-0.3, -0.25) is 4.79 Å². The van der Waals surface area contributed by atoms with Crippen molar-refractivity contribution >= 4 is 22.4 Å². The zero-order chi connectivity index (χ0) is 16.1. The Morgan fingerprint density at radius 2 is 2.30 bits per heavy atom. The summed E-state index contributed by atoms with van der Waals surface area (Å²) in [6.45, 7) is 2.28. The Kier molecular flexibility index (Phi) is 4.69. The number of carbonyl (C=O) groups is 1. The molecule has 0 fully saturated rings. The van der Waals surface area contributed by atoms with Crippen LogP contribution in [0, 0.1) is 0 Å². The van der Waals surface area contributed by atoms with Crippen LogP contribution in [0.2, 0.25) is 0 Å². The van der Waals surface area contributed by atoms with Crippen molar-refractivity contribution in [1.82, 2.24) is 30.0 Å². The number of carbonyl (C=O) groups excluding carboxylic acids is 1. The molecule has 0 aliphatic heterocycles. The van der Waals surface area contributed by atoms with Gasteiger partial charge in [0.25, 0.3) is 0 Å². The molecule has 0 saturated heterocycles. The van der Waals surface area contributed by atoms with E-state index in [2.05, 4.69) is 30.7 Å². The van der Waals surface area contributed by atoms with Gasteiger partial charge in [-0.2, -0.15) is 5.10 Å². The van der Waals surface area contributed by atoms with Gasteiger partial charge in [-0.05, 0) is 13.0 Å². The van der Waals surface area contributed by atoms with Crippen molar-refractivity contribution in [2.45, 2.75) is 19.5 Å². The van der Waals surface area contributed by atoms with Gasteiger partial charge in [0.15, 0.2) is 10.9 Å². The summed E-state index contributed by atoms with van der Waals surface area (Å²) in [7, 11) is 0. The Balaban J connectivity index is 1.63. The Hall–Kier alpha value is -2.65. The Morgan fingerprint density at radius 1 is 1.39 bits per heavy atom. The van der Waals surface area contributed by atoms with Gasteiger partial charge in [-0.25, -0.2) is 19.6 Å². The van der Waals surface area contributed by atoms with E-state index in [4.69, 9.17) is 0 Å². The van der Waals surface area contributed by atoms with Gasteiger partial charge < -0.3 is 10.6 Å². The van der Waals surface area contributed by atoms with Crippen molar-refractivity contribution in [2.75, 3.05) is 5.32 Å². The van der Waals surface area contributed by atoms with Crippen molar-refractivity contribution in [3.8, 4) is 5.82 Å². The predicted octanol–water partition coefficient (Wildman–Crippen LogP) is 1.24. The van der Waals surface area contributed by atoms with Gasteiger partial charge in [0.2, 0.25) is 5.91 Å². The number of rotatable bonds is 6. The molecule has 23 heavy (non-hydrogen) atoms. The first-order chi connectivity index (χ1) is 11.2. The normalized spacial score (nSPS) is 12.0. The van der Waals surface area contributed by atoms with Gasteiger partial charge in [-0.1, -0.05) is 6.07 Å². The van der Waals surface area contributed by atoms with Crippen LogP contribution in [-0.2, 0) is 11.3 Å². The third-order valence-corrected chi connectivity index (χ3v) is 3.85. The summed E-state index contributed by atoms with van der Waals surface area (Å²) in [5.41, 5.74) is 0.923. The lowest BCUT2D eigenvalue weighted by Crippen LogP contribution is -2.37.